The topological polar surface area (TPSA) is 55.4 Å². The Hall–Kier alpha value is -1.06. The lowest BCUT2D eigenvalue weighted by Gasteiger charge is -2.32. The van der Waals surface area contributed by atoms with Gasteiger partial charge in [0.15, 0.2) is 0 Å². The van der Waals surface area contributed by atoms with Crippen LogP contribution in [0.25, 0.3) is 0 Å². The Morgan fingerprint density at radius 3 is 2.83 bits per heavy atom. The molecule has 1 aliphatic rings. The molecule has 0 aliphatic heterocycles. The molecule has 1 aliphatic carbocycles. The molecule has 0 aromatic rings. The predicted octanol–water partition coefficient (Wildman–Crippen LogP) is -0.0684. The maximum Gasteiger partial charge on any atom is 0.308 e. The van der Waals surface area contributed by atoms with Crippen LogP contribution in [0.1, 0.15) is 12.8 Å². The van der Waals surface area contributed by atoms with Gasteiger partial charge in [0.25, 0.3) is 0 Å². The Morgan fingerprint density at radius 2 is 2.33 bits per heavy atom. The van der Waals surface area contributed by atoms with Gasteiger partial charge in [-0.1, -0.05) is 0 Å². The predicted molar refractivity (Wildman–Crippen MR) is 42.3 cm³/mol. The lowest BCUT2D eigenvalue weighted by Crippen LogP contribution is -2.37. The Kier molecular flexibility index (Phi) is 3.08. The number of carbonyl (C=O) groups excluding carboxylic acids is 2. The SMILES string of the molecule is COC(=O)C1CC(CNC=O)C1. The molecular formula is C8H13NO3. The first-order chi connectivity index (χ1) is 5.77. The Morgan fingerprint density at radius 1 is 1.67 bits per heavy atom. The molecule has 0 saturated heterocycles. The molecule has 0 aromatic carbocycles. The summed E-state index contributed by atoms with van der Waals surface area (Å²) in [5.74, 6) is 0.394. The molecule has 68 valence electrons. The van der Waals surface area contributed by atoms with Crippen molar-refractivity contribution in [1.82, 2.24) is 5.32 Å². The number of nitrogens with one attached hydrogen (secondary N) is 1. The van der Waals surface area contributed by atoms with Crippen LogP contribution in [0.2, 0.25) is 0 Å². The highest BCUT2D eigenvalue weighted by Crippen LogP contribution is 2.33. The van der Waals surface area contributed by atoms with Crippen molar-refractivity contribution in [3.63, 3.8) is 0 Å². The summed E-state index contributed by atoms with van der Waals surface area (Å²) in [6.07, 6.45) is 2.37. The van der Waals surface area contributed by atoms with E-state index in [1.165, 1.54) is 7.11 Å². The van der Waals surface area contributed by atoms with Crippen molar-refractivity contribution >= 4 is 12.4 Å². The zero-order valence-electron chi connectivity index (χ0n) is 7.08. The van der Waals surface area contributed by atoms with Crippen LogP contribution in [0.4, 0.5) is 0 Å². The average molecular weight is 171 g/mol. The Labute approximate surface area is 71.3 Å². The third-order valence-electron chi connectivity index (χ3n) is 2.26. The van der Waals surface area contributed by atoms with Gasteiger partial charge in [-0.15, -0.1) is 0 Å². The number of hydrogen-bond acceptors (Lipinski definition) is 3. The second-order valence-corrected chi connectivity index (χ2v) is 3.08. The minimum Gasteiger partial charge on any atom is -0.469 e. The van der Waals surface area contributed by atoms with Crippen LogP contribution < -0.4 is 5.32 Å². The van der Waals surface area contributed by atoms with Crippen molar-refractivity contribution in [3.05, 3.63) is 0 Å². The number of methoxy groups -OCH3 is 1. The first-order valence-corrected chi connectivity index (χ1v) is 4.02. The van der Waals surface area contributed by atoms with Crippen LogP contribution >= 0.6 is 0 Å². The number of rotatable bonds is 4. The lowest BCUT2D eigenvalue weighted by molar-refractivity contribution is -0.150. The van der Waals surface area contributed by atoms with Gasteiger partial charge >= 0.3 is 5.97 Å². The van der Waals surface area contributed by atoms with Gasteiger partial charge in [-0.2, -0.15) is 0 Å². The summed E-state index contributed by atoms with van der Waals surface area (Å²) in [7, 11) is 1.40. The Bertz CT molecular complexity index is 175. The molecule has 4 heteroatoms. The molecule has 4 nitrogen and oxygen atoms in total. The van der Waals surface area contributed by atoms with Gasteiger partial charge in [0.05, 0.1) is 13.0 Å². The smallest absolute Gasteiger partial charge is 0.308 e. The Balaban J connectivity index is 2.11. The zero-order valence-corrected chi connectivity index (χ0v) is 7.08. The summed E-state index contributed by atoms with van der Waals surface area (Å²) in [5, 5.41) is 2.60. The van der Waals surface area contributed by atoms with Crippen LogP contribution in [-0.4, -0.2) is 26.0 Å². The van der Waals surface area contributed by atoms with E-state index in [2.05, 4.69) is 10.1 Å². The summed E-state index contributed by atoms with van der Waals surface area (Å²) in [4.78, 5) is 20.8. The molecule has 0 bridgehead atoms. The highest BCUT2D eigenvalue weighted by molar-refractivity contribution is 5.73. The van der Waals surface area contributed by atoms with E-state index in [1.807, 2.05) is 0 Å². The van der Waals surface area contributed by atoms with E-state index in [-0.39, 0.29) is 11.9 Å². The third-order valence-corrected chi connectivity index (χ3v) is 2.26. The van der Waals surface area contributed by atoms with E-state index in [0.29, 0.717) is 18.9 Å². The van der Waals surface area contributed by atoms with Crippen LogP contribution in [0.15, 0.2) is 0 Å². The van der Waals surface area contributed by atoms with Crippen LogP contribution in [0.3, 0.4) is 0 Å². The van der Waals surface area contributed by atoms with Gasteiger partial charge in [-0.3, -0.25) is 9.59 Å². The van der Waals surface area contributed by atoms with E-state index in [4.69, 9.17) is 0 Å². The number of carbonyl (C=O) groups is 2. The second-order valence-electron chi connectivity index (χ2n) is 3.08. The summed E-state index contributed by atoms with van der Waals surface area (Å²) in [6.45, 7) is 0.678. The summed E-state index contributed by atoms with van der Waals surface area (Å²) >= 11 is 0. The van der Waals surface area contributed by atoms with Gasteiger partial charge in [-0.05, 0) is 18.8 Å². The quantitative estimate of drug-likeness (QED) is 0.476. The van der Waals surface area contributed by atoms with Gasteiger partial charge < -0.3 is 10.1 Å². The number of ether oxygens (including phenoxy) is 1. The van der Waals surface area contributed by atoms with Crippen molar-refractivity contribution in [2.75, 3.05) is 13.7 Å². The molecule has 0 spiro atoms. The molecular weight excluding hydrogens is 158 g/mol. The maximum absolute atomic E-state index is 10.9. The van der Waals surface area contributed by atoms with E-state index in [0.717, 1.165) is 12.8 Å². The molecule has 1 fully saturated rings. The zero-order chi connectivity index (χ0) is 8.97. The first kappa shape index (κ1) is 9.03. The molecule has 0 heterocycles. The number of hydrogen-bond donors (Lipinski definition) is 1. The van der Waals surface area contributed by atoms with Gasteiger partial charge in [0.1, 0.15) is 0 Å². The second kappa shape index (κ2) is 4.09. The monoisotopic (exact) mass is 171 g/mol. The fourth-order valence-corrected chi connectivity index (χ4v) is 1.48. The summed E-state index contributed by atoms with van der Waals surface area (Å²) < 4.78 is 4.58. The third kappa shape index (κ3) is 1.96. The fourth-order valence-electron chi connectivity index (χ4n) is 1.48. The van der Waals surface area contributed by atoms with Crippen LogP contribution in [0, 0.1) is 11.8 Å². The van der Waals surface area contributed by atoms with Crippen molar-refractivity contribution in [3.8, 4) is 0 Å². The molecule has 0 unspecified atom stereocenters. The van der Waals surface area contributed by atoms with E-state index >= 15 is 0 Å². The first-order valence-electron chi connectivity index (χ1n) is 4.02. The molecule has 1 amide bonds. The summed E-state index contributed by atoms with van der Waals surface area (Å²) in [6, 6.07) is 0. The minimum absolute atomic E-state index is 0.0634. The largest absolute Gasteiger partial charge is 0.469 e. The van der Waals surface area contributed by atoms with Crippen molar-refractivity contribution < 1.29 is 14.3 Å². The van der Waals surface area contributed by atoms with Crippen LogP contribution in [0.5, 0.6) is 0 Å². The average Bonchev–Trinajstić information content (AvgIpc) is 2.01. The lowest BCUT2D eigenvalue weighted by atomic mass is 9.75. The normalized spacial score (nSPS) is 27.1. The van der Waals surface area contributed by atoms with Gasteiger partial charge in [-0.25, -0.2) is 0 Å². The number of amides is 1. The van der Waals surface area contributed by atoms with Gasteiger partial charge in [0.2, 0.25) is 6.41 Å². The van der Waals surface area contributed by atoms with Crippen molar-refractivity contribution in [2.24, 2.45) is 11.8 Å². The molecule has 1 rings (SSSR count). The highest BCUT2D eigenvalue weighted by Gasteiger charge is 2.34. The van der Waals surface area contributed by atoms with Crippen molar-refractivity contribution in [2.45, 2.75) is 12.8 Å². The van der Waals surface area contributed by atoms with Crippen molar-refractivity contribution in [1.29, 1.82) is 0 Å². The fraction of sp³-hybridized carbons (Fsp3) is 0.750. The maximum atomic E-state index is 10.9. The van der Waals surface area contributed by atoms with E-state index < -0.39 is 0 Å². The molecule has 0 radical (unpaired) electrons. The van der Waals surface area contributed by atoms with Gasteiger partial charge in [0, 0.05) is 6.54 Å². The molecule has 1 N–H and O–H groups in total. The van der Waals surface area contributed by atoms with E-state index in [9.17, 15) is 9.59 Å². The number of esters is 1. The molecule has 1 saturated carbocycles. The standard InChI is InChI=1S/C8H13NO3/c1-12-8(11)7-2-6(3-7)4-9-5-10/h5-7H,2-4H2,1H3,(H,9,10). The molecule has 12 heavy (non-hydrogen) atoms. The molecule has 0 atom stereocenters. The van der Waals surface area contributed by atoms with Crippen LogP contribution in [-0.2, 0) is 14.3 Å². The van der Waals surface area contributed by atoms with E-state index in [1.54, 1.807) is 0 Å². The summed E-state index contributed by atoms with van der Waals surface area (Å²) in [5.41, 5.74) is 0. The highest BCUT2D eigenvalue weighted by atomic mass is 16.5. The minimum atomic E-state index is -0.127. The molecule has 0 aromatic heterocycles.